The fourth-order valence-corrected chi connectivity index (χ4v) is 4.51. The Morgan fingerprint density at radius 3 is 2.49 bits per heavy atom. The van der Waals surface area contributed by atoms with E-state index in [1.165, 1.54) is 24.3 Å². The molecule has 2 atom stereocenters. The molecule has 0 saturated heterocycles. The number of hydrogen-bond acceptors (Lipinski definition) is 5. The predicted octanol–water partition coefficient (Wildman–Crippen LogP) is 5.30. The molecule has 5 aromatic rings. The van der Waals surface area contributed by atoms with Crippen molar-refractivity contribution in [3.05, 3.63) is 132 Å². The first-order valence-electron chi connectivity index (χ1n) is 13.2. The lowest BCUT2D eigenvalue weighted by molar-refractivity contribution is 0.0845. The van der Waals surface area contributed by atoms with Crippen molar-refractivity contribution >= 4 is 5.91 Å². The summed E-state index contributed by atoms with van der Waals surface area (Å²) in [6.45, 7) is 0.563. The van der Waals surface area contributed by atoms with Gasteiger partial charge in [0.2, 0.25) is 0 Å². The number of hydrogen-bond donors (Lipinski definition) is 3. The highest BCUT2D eigenvalue weighted by molar-refractivity contribution is 6.01. The molecule has 0 bridgehead atoms. The summed E-state index contributed by atoms with van der Waals surface area (Å²) in [5.74, 6) is -1.47. The van der Waals surface area contributed by atoms with Gasteiger partial charge in [0.1, 0.15) is 11.6 Å². The molecular weight excluding hydrogens is 524 g/mol. The second-order valence-corrected chi connectivity index (χ2v) is 9.61. The topological polar surface area (TPSA) is 106 Å². The lowest BCUT2D eigenvalue weighted by atomic mass is 9.99. The molecule has 4 N–H and O–H groups in total. The molecule has 0 spiro atoms. The fourth-order valence-electron chi connectivity index (χ4n) is 4.51. The van der Waals surface area contributed by atoms with Crippen LogP contribution in [0.5, 0.6) is 0 Å². The number of rotatable bonds is 11. The first kappa shape index (κ1) is 27.8. The van der Waals surface area contributed by atoms with Crippen LogP contribution in [0, 0.1) is 11.6 Å². The van der Waals surface area contributed by atoms with Gasteiger partial charge in [0.05, 0.1) is 36.2 Å². The minimum atomic E-state index is -0.594. The molecule has 0 aliphatic carbocycles. The molecular formula is C32H29F2N5O2. The Balaban J connectivity index is 1.37. The van der Waals surface area contributed by atoms with E-state index in [9.17, 15) is 9.18 Å². The van der Waals surface area contributed by atoms with Gasteiger partial charge in [0, 0.05) is 35.5 Å². The average Bonchev–Trinajstić information content (AvgIpc) is 3.48. The van der Waals surface area contributed by atoms with Crippen LogP contribution in [0.1, 0.15) is 21.6 Å². The largest absolute Gasteiger partial charge is 0.375 e. The zero-order valence-corrected chi connectivity index (χ0v) is 22.1. The first-order chi connectivity index (χ1) is 20.0. The first-order valence-corrected chi connectivity index (χ1v) is 13.2. The SMILES string of the molecule is N[C@H](COCc1ccccc1)[C@@H](Cc1ccccn1)NC(=O)c1cccc(F)c1-c1cc(-c2ccc(F)cc2)n[nH]1. The standard InChI is InChI=1S/C32H29F2N5O2/c33-23-14-12-22(13-15-23)28-18-30(39-38-28)31-25(10-6-11-26(31)34)32(40)37-29(17-24-9-4-5-16-36-24)27(35)20-41-19-21-7-2-1-3-8-21/h1-16,18,27,29H,17,19-20,35H2,(H,37,40)(H,38,39)/t27-,29-/m1/s1. The highest BCUT2D eigenvalue weighted by Crippen LogP contribution is 2.29. The summed E-state index contributed by atoms with van der Waals surface area (Å²) in [5.41, 5.74) is 9.90. The molecule has 0 radical (unpaired) electrons. The third kappa shape index (κ3) is 7.08. The summed E-state index contributed by atoms with van der Waals surface area (Å²) in [6, 6.07) is 25.8. The Morgan fingerprint density at radius 2 is 1.73 bits per heavy atom. The van der Waals surface area contributed by atoms with Crippen molar-refractivity contribution in [1.29, 1.82) is 0 Å². The summed E-state index contributed by atoms with van der Waals surface area (Å²) < 4.78 is 34.4. The van der Waals surface area contributed by atoms with Gasteiger partial charge in [-0.15, -0.1) is 0 Å². The number of carbonyl (C=O) groups is 1. The van der Waals surface area contributed by atoms with Crippen LogP contribution in [-0.2, 0) is 17.8 Å². The maximum atomic E-state index is 15.2. The van der Waals surface area contributed by atoms with E-state index in [1.54, 1.807) is 30.5 Å². The van der Waals surface area contributed by atoms with Gasteiger partial charge in [-0.05, 0) is 60.2 Å². The number of amides is 1. The highest BCUT2D eigenvalue weighted by Gasteiger charge is 2.25. The molecule has 9 heteroatoms. The average molecular weight is 554 g/mol. The molecule has 41 heavy (non-hydrogen) atoms. The molecule has 1 amide bonds. The van der Waals surface area contributed by atoms with Crippen molar-refractivity contribution in [2.45, 2.75) is 25.1 Å². The lowest BCUT2D eigenvalue weighted by Crippen LogP contribution is -2.51. The van der Waals surface area contributed by atoms with Crippen LogP contribution in [0.25, 0.3) is 22.5 Å². The van der Waals surface area contributed by atoms with Gasteiger partial charge in [-0.2, -0.15) is 5.10 Å². The van der Waals surface area contributed by atoms with Crippen molar-refractivity contribution in [2.75, 3.05) is 6.61 Å². The summed E-state index contributed by atoms with van der Waals surface area (Å²) in [5, 5.41) is 10.0. The van der Waals surface area contributed by atoms with Crippen molar-refractivity contribution in [1.82, 2.24) is 20.5 Å². The Hall–Kier alpha value is -4.73. The summed E-state index contributed by atoms with van der Waals surface area (Å²) in [7, 11) is 0. The Morgan fingerprint density at radius 1 is 0.951 bits per heavy atom. The number of H-pyrrole nitrogens is 1. The minimum Gasteiger partial charge on any atom is -0.375 e. The van der Waals surface area contributed by atoms with E-state index in [0.29, 0.717) is 30.0 Å². The van der Waals surface area contributed by atoms with Crippen LogP contribution in [0.4, 0.5) is 8.78 Å². The lowest BCUT2D eigenvalue weighted by Gasteiger charge is -2.25. The number of benzene rings is 3. The molecule has 0 unspecified atom stereocenters. The molecule has 208 valence electrons. The number of ether oxygens (including phenoxy) is 1. The molecule has 7 nitrogen and oxygen atoms in total. The second kappa shape index (κ2) is 13.1. The van der Waals surface area contributed by atoms with E-state index in [-0.39, 0.29) is 23.6 Å². The quantitative estimate of drug-likeness (QED) is 0.206. The van der Waals surface area contributed by atoms with Crippen LogP contribution < -0.4 is 11.1 Å². The number of aromatic nitrogens is 3. The Labute approximate surface area is 236 Å². The Kier molecular flexibility index (Phi) is 8.88. The maximum absolute atomic E-state index is 15.2. The summed E-state index contributed by atoms with van der Waals surface area (Å²) in [6.07, 6.45) is 2.03. The van der Waals surface area contributed by atoms with Gasteiger partial charge in [-0.25, -0.2) is 8.78 Å². The van der Waals surface area contributed by atoms with Gasteiger partial charge in [-0.1, -0.05) is 42.5 Å². The molecule has 2 heterocycles. The molecule has 2 aromatic heterocycles. The normalized spacial score (nSPS) is 12.6. The number of nitrogens with one attached hydrogen (secondary N) is 2. The number of pyridine rings is 1. The zero-order valence-electron chi connectivity index (χ0n) is 22.1. The molecule has 0 aliphatic heterocycles. The summed E-state index contributed by atoms with van der Waals surface area (Å²) in [4.78, 5) is 18.0. The molecule has 3 aromatic carbocycles. The van der Waals surface area contributed by atoms with Gasteiger partial charge in [0.15, 0.2) is 0 Å². The number of nitrogens with two attached hydrogens (primary N) is 1. The number of carbonyl (C=O) groups excluding carboxylic acids is 1. The number of aromatic amines is 1. The van der Waals surface area contributed by atoms with Crippen LogP contribution >= 0.6 is 0 Å². The van der Waals surface area contributed by atoms with Gasteiger partial charge >= 0.3 is 0 Å². The third-order valence-corrected chi connectivity index (χ3v) is 6.66. The zero-order chi connectivity index (χ0) is 28.6. The van der Waals surface area contributed by atoms with Crippen molar-refractivity contribution < 1.29 is 18.3 Å². The minimum absolute atomic E-state index is 0.0661. The van der Waals surface area contributed by atoms with Gasteiger partial charge in [0.25, 0.3) is 5.91 Å². The second-order valence-electron chi connectivity index (χ2n) is 9.61. The molecule has 5 rings (SSSR count). The number of nitrogens with zero attached hydrogens (tertiary/aromatic N) is 2. The fraction of sp³-hybridized carbons (Fsp3) is 0.156. The van der Waals surface area contributed by atoms with E-state index in [0.717, 1.165) is 11.3 Å². The number of halogens is 2. The highest BCUT2D eigenvalue weighted by atomic mass is 19.1. The van der Waals surface area contributed by atoms with Crippen LogP contribution in [0.3, 0.4) is 0 Å². The Bertz CT molecular complexity index is 1580. The smallest absolute Gasteiger partial charge is 0.252 e. The van der Waals surface area contributed by atoms with E-state index in [2.05, 4.69) is 20.5 Å². The van der Waals surface area contributed by atoms with Crippen LogP contribution in [0.15, 0.2) is 103 Å². The van der Waals surface area contributed by atoms with Gasteiger partial charge < -0.3 is 15.8 Å². The van der Waals surface area contributed by atoms with Gasteiger partial charge in [-0.3, -0.25) is 14.9 Å². The summed E-state index contributed by atoms with van der Waals surface area (Å²) >= 11 is 0. The van der Waals surface area contributed by atoms with Crippen molar-refractivity contribution in [3.63, 3.8) is 0 Å². The maximum Gasteiger partial charge on any atom is 0.252 e. The van der Waals surface area contributed by atoms with Crippen molar-refractivity contribution in [2.24, 2.45) is 5.73 Å². The van der Waals surface area contributed by atoms with E-state index in [4.69, 9.17) is 10.5 Å². The molecule has 0 aliphatic rings. The van der Waals surface area contributed by atoms with E-state index >= 15 is 4.39 Å². The predicted molar refractivity (Wildman–Crippen MR) is 153 cm³/mol. The van der Waals surface area contributed by atoms with Crippen LogP contribution in [0.2, 0.25) is 0 Å². The molecule has 0 saturated carbocycles. The van der Waals surface area contributed by atoms with E-state index < -0.39 is 23.8 Å². The van der Waals surface area contributed by atoms with Crippen molar-refractivity contribution in [3.8, 4) is 22.5 Å². The van der Waals surface area contributed by atoms with Crippen LogP contribution in [-0.4, -0.2) is 39.8 Å². The third-order valence-electron chi connectivity index (χ3n) is 6.66. The monoisotopic (exact) mass is 553 g/mol. The molecule has 0 fully saturated rings. The van der Waals surface area contributed by atoms with E-state index in [1.807, 2.05) is 48.5 Å².